The highest BCUT2D eigenvalue weighted by atomic mass is 35.5. The first-order chi connectivity index (χ1) is 40.0. The first kappa shape index (κ1) is 71.3. The number of hydrogen-bond acceptors (Lipinski definition) is 14. The number of carboxylic acid groups (broad SMARTS) is 2. The molecule has 0 saturated carbocycles. The van der Waals surface area contributed by atoms with Crippen molar-refractivity contribution >= 4 is 106 Å². The third-order valence-electron chi connectivity index (χ3n) is 12.7. The van der Waals surface area contributed by atoms with Gasteiger partial charge >= 0.3 is 11.9 Å². The van der Waals surface area contributed by atoms with E-state index >= 15 is 0 Å². The van der Waals surface area contributed by atoms with Crippen LogP contribution in [0.1, 0.15) is 102 Å². The van der Waals surface area contributed by atoms with Crippen LogP contribution >= 0.6 is 35.0 Å². The molecule has 0 fully saturated rings. The molecule has 0 aliphatic heterocycles. The van der Waals surface area contributed by atoms with Crippen LogP contribution in [-0.2, 0) is 59.2 Å². The predicted molar refractivity (Wildman–Crippen MR) is 316 cm³/mol. The highest BCUT2D eigenvalue weighted by molar-refractivity contribution is 8.00. The summed E-state index contributed by atoms with van der Waals surface area (Å²) in [5.41, 5.74) is 6.13. The molecule has 3 aromatic rings. The smallest absolute Gasteiger partial charge is 0.317 e. The molecule has 0 radical (unpaired) electrons. The van der Waals surface area contributed by atoms with Crippen LogP contribution in [0.25, 0.3) is 0 Å². The van der Waals surface area contributed by atoms with Crippen molar-refractivity contribution in [2.24, 2.45) is 23.5 Å². The van der Waals surface area contributed by atoms with Crippen LogP contribution < -0.4 is 53.6 Å². The van der Waals surface area contributed by atoms with Gasteiger partial charge in [0.15, 0.2) is 0 Å². The topological polar surface area (TPSA) is 400 Å². The molecule has 0 unspecified atom stereocenters. The lowest BCUT2D eigenvalue weighted by Gasteiger charge is -2.28. The number of carbonyl (C=O) groups excluding carboxylic acids is 10. The molecular formula is C57H76Cl2N10O15S. The van der Waals surface area contributed by atoms with E-state index in [1.807, 2.05) is 0 Å². The van der Waals surface area contributed by atoms with Gasteiger partial charge in [0.05, 0.1) is 23.1 Å². The number of nitrogens with two attached hydrogens (primary N) is 1. The minimum Gasteiger partial charge on any atom is -0.508 e. The first-order valence-electron chi connectivity index (χ1n) is 27.4. The molecule has 0 heterocycles. The third-order valence-corrected chi connectivity index (χ3v) is 14.7. The zero-order valence-corrected chi connectivity index (χ0v) is 50.3. The van der Waals surface area contributed by atoms with Crippen LogP contribution in [0.5, 0.6) is 5.75 Å². The standard InChI is InChI=1S/C57H76Cl2N10O15S/c1-30(2)24-41(67-56(82)49(32(5)6)69-46(73)28-62-51(77)34-12-8-7-9-13-34)55(81)64-39(14-10-11-23-61-44(71)27-43(57(83)84)85-36-19-20-37(58)38(59)26-36)53(79)65-40(21-22-47(74)75)54(80)66-42(25-33-15-17-35(70)18-16-33)52(78)63-29-45(72)68-48(31(3)4)50(60)76/h7-9,12-13,15-20,26,30-32,39-43,48-49,70H,10-11,14,21-25,27-29H2,1-6H3,(H2,60,76)(H,61,71)(H,62,77)(H,63,78)(H,64,81)(H,65,79)(H,66,80)(H,67,82)(H,68,72)(H,69,73)(H,74,75)(H,83,84)/t39-,40-,41-,42-,43-,48-,49-/m0/s1. The Hall–Kier alpha value is -7.97. The Morgan fingerprint density at radius 3 is 1.67 bits per heavy atom. The summed E-state index contributed by atoms with van der Waals surface area (Å²) in [6.45, 7) is 8.87. The third kappa shape index (κ3) is 26.2. The zero-order chi connectivity index (χ0) is 63.5. The van der Waals surface area contributed by atoms with E-state index in [0.29, 0.717) is 16.0 Å². The molecule has 25 nitrogen and oxygen atoms in total. The van der Waals surface area contributed by atoms with Gasteiger partial charge in [-0.2, -0.15) is 0 Å². The Balaban J connectivity index is 1.92. The molecule has 0 aliphatic carbocycles. The zero-order valence-electron chi connectivity index (χ0n) is 48.0. The Morgan fingerprint density at radius 1 is 0.565 bits per heavy atom. The van der Waals surface area contributed by atoms with E-state index in [-0.39, 0.29) is 60.4 Å². The minimum atomic E-state index is -1.70. The molecule has 3 aromatic carbocycles. The second-order valence-electron chi connectivity index (χ2n) is 21.0. The van der Waals surface area contributed by atoms with E-state index in [1.165, 1.54) is 36.4 Å². The summed E-state index contributed by atoms with van der Waals surface area (Å²) in [7, 11) is 0. The van der Waals surface area contributed by atoms with Crippen molar-refractivity contribution in [3.63, 3.8) is 0 Å². The largest absolute Gasteiger partial charge is 0.508 e. The molecule has 28 heteroatoms. The minimum absolute atomic E-state index is 0.00373. The number of rotatable bonds is 36. The fraction of sp³-hybridized carbons (Fsp3) is 0.474. The number of halogens is 2. The van der Waals surface area contributed by atoms with E-state index < -0.39 is 157 Å². The maximum atomic E-state index is 14.5. The number of hydrogen-bond donors (Lipinski definition) is 13. The van der Waals surface area contributed by atoms with Crippen molar-refractivity contribution in [1.82, 2.24) is 47.9 Å². The van der Waals surface area contributed by atoms with Crippen molar-refractivity contribution in [1.29, 1.82) is 0 Å². The summed E-state index contributed by atoms with van der Waals surface area (Å²) in [6, 6.07) is 9.76. The highest BCUT2D eigenvalue weighted by Gasteiger charge is 2.35. The van der Waals surface area contributed by atoms with Crippen molar-refractivity contribution < 1.29 is 72.9 Å². The Bertz CT molecular complexity index is 2830. The molecule has 3 rings (SSSR count). The Kier molecular flexibility index (Phi) is 30.2. The molecule has 464 valence electrons. The lowest BCUT2D eigenvalue weighted by atomic mass is 9.99. The SMILES string of the molecule is CC(C)C[C@H](NC(=O)[C@@H](NC(=O)CNC(=O)c1ccccc1)C(C)C)C(=O)N[C@@H](CCCCNC(=O)C[C@H](Sc1ccc(Cl)c(Cl)c1)C(=O)O)C(=O)N[C@@H](CCC(=O)O)C(=O)N[C@@H](Cc1ccc(O)cc1)C(=O)NCC(=O)N[C@H](C(N)=O)C(C)C. The summed E-state index contributed by atoms with van der Waals surface area (Å²) in [5.74, 6) is -12.1. The molecule has 0 saturated heterocycles. The number of thioether (sulfide) groups is 1. The number of carbonyl (C=O) groups is 12. The van der Waals surface area contributed by atoms with Gasteiger partial charge in [-0.15, -0.1) is 11.8 Å². The Morgan fingerprint density at radius 2 is 1.12 bits per heavy atom. The number of aliphatic carboxylic acids is 2. The maximum Gasteiger partial charge on any atom is 0.317 e. The maximum absolute atomic E-state index is 14.5. The van der Waals surface area contributed by atoms with Gasteiger partial charge in [0.1, 0.15) is 47.3 Å². The van der Waals surface area contributed by atoms with Gasteiger partial charge in [-0.05, 0) is 97.9 Å². The van der Waals surface area contributed by atoms with Crippen LogP contribution in [0.2, 0.25) is 10.0 Å². The van der Waals surface area contributed by atoms with E-state index in [0.717, 1.165) is 11.8 Å². The van der Waals surface area contributed by atoms with Gasteiger partial charge in [0.2, 0.25) is 53.2 Å². The van der Waals surface area contributed by atoms with Crippen LogP contribution in [-0.4, -0.2) is 147 Å². The quantitative estimate of drug-likeness (QED) is 0.0293. The summed E-state index contributed by atoms with van der Waals surface area (Å²) in [4.78, 5) is 159. The number of aromatic hydroxyl groups is 1. The van der Waals surface area contributed by atoms with Gasteiger partial charge in [-0.25, -0.2) is 0 Å². The number of nitrogens with one attached hydrogen (secondary N) is 9. The average molecular weight is 1240 g/mol. The number of unbranched alkanes of at least 4 members (excludes halogenated alkanes) is 1. The Labute approximate surface area is 506 Å². The molecule has 0 aliphatic rings. The van der Waals surface area contributed by atoms with E-state index in [4.69, 9.17) is 28.9 Å². The number of primary amides is 1. The second kappa shape index (κ2) is 36.0. The summed E-state index contributed by atoms with van der Waals surface area (Å²) < 4.78 is 0. The highest BCUT2D eigenvalue weighted by Crippen LogP contribution is 2.31. The van der Waals surface area contributed by atoms with Crippen molar-refractivity contribution in [2.45, 2.75) is 139 Å². The summed E-state index contributed by atoms with van der Waals surface area (Å²) in [6.07, 6.45) is -1.92. The lowest BCUT2D eigenvalue weighted by molar-refractivity contribution is -0.139. The normalized spacial score (nSPS) is 13.5. The van der Waals surface area contributed by atoms with Gasteiger partial charge in [-0.1, -0.05) is 95.1 Å². The van der Waals surface area contributed by atoms with Crippen LogP contribution in [0, 0.1) is 17.8 Å². The van der Waals surface area contributed by atoms with E-state index in [1.54, 1.807) is 77.9 Å². The lowest BCUT2D eigenvalue weighted by Crippen LogP contribution is -2.60. The fourth-order valence-corrected chi connectivity index (χ4v) is 9.55. The number of carboxylic acids is 2. The molecule has 7 atom stereocenters. The predicted octanol–water partition coefficient (Wildman–Crippen LogP) is 2.33. The number of phenols is 1. The number of benzene rings is 3. The van der Waals surface area contributed by atoms with Gasteiger partial charge in [0.25, 0.3) is 5.91 Å². The summed E-state index contributed by atoms with van der Waals surface area (Å²) in [5, 5.41) is 51.6. The van der Waals surface area contributed by atoms with Crippen molar-refractivity contribution in [2.75, 3.05) is 19.6 Å². The fourth-order valence-electron chi connectivity index (χ4n) is 8.19. The average Bonchev–Trinajstić information content (AvgIpc) is 3.61. The van der Waals surface area contributed by atoms with E-state index in [2.05, 4.69) is 47.9 Å². The molecule has 0 bridgehead atoms. The van der Waals surface area contributed by atoms with Gasteiger partial charge in [0, 0.05) is 36.3 Å². The molecule has 85 heavy (non-hydrogen) atoms. The monoisotopic (exact) mass is 1240 g/mol. The summed E-state index contributed by atoms with van der Waals surface area (Å²) >= 11 is 13.0. The first-order valence-corrected chi connectivity index (χ1v) is 29.0. The van der Waals surface area contributed by atoms with Gasteiger partial charge < -0.3 is 68.9 Å². The molecule has 14 N–H and O–H groups in total. The van der Waals surface area contributed by atoms with E-state index in [9.17, 15) is 72.9 Å². The number of amides is 10. The van der Waals surface area contributed by atoms with Crippen LogP contribution in [0.4, 0.5) is 0 Å². The van der Waals surface area contributed by atoms with Crippen molar-refractivity contribution in [3.05, 3.63) is 94.0 Å². The molecule has 0 aromatic heterocycles. The van der Waals surface area contributed by atoms with Crippen LogP contribution in [0.15, 0.2) is 77.7 Å². The van der Waals surface area contributed by atoms with Crippen LogP contribution in [0.3, 0.4) is 0 Å². The molecular weight excluding hydrogens is 1170 g/mol. The number of phenolic OH excluding ortho intramolecular Hbond substituents is 1. The molecule has 0 spiro atoms. The second-order valence-corrected chi connectivity index (χ2v) is 23.1. The van der Waals surface area contributed by atoms with Crippen molar-refractivity contribution in [3.8, 4) is 5.75 Å². The molecule has 10 amide bonds. The van der Waals surface area contributed by atoms with Gasteiger partial charge in [-0.3, -0.25) is 57.5 Å².